The van der Waals surface area contributed by atoms with E-state index in [2.05, 4.69) is 0 Å². The first-order valence-electron chi connectivity index (χ1n) is 4.72. The number of amides is 1. The molecule has 1 rings (SSSR count). The third-order valence-electron chi connectivity index (χ3n) is 1.97. The Morgan fingerprint density at radius 2 is 1.88 bits per heavy atom. The molecule has 0 fully saturated rings. The molecule has 5 nitrogen and oxygen atoms in total. The molecule has 0 aliphatic rings. The summed E-state index contributed by atoms with van der Waals surface area (Å²) in [6.45, 7) is -0.702. The molecular weight excluding hydrogens is 210 g/mol. The van der Waals surface area contributed by atoms with Gasteiger partial charge in [-0.1, -0.05) is 18.2 Å². The molecule has 16 heavy (non-hydrogen) atoms. The van der Waals surface area contributed by atoms with E-state index in [9.17, 15) is 9.59 Å². The smallest absolute Gasteiger partial charge is 0.329 e. The molecule has 1 aromatic carbocycles. The van der Waals surface area contributed by atoms with Crippen molar-refractivity contribution in [1.29, 1.82) is 0 Å². The Hall–Kier alpha value is -1.88. The minimum absolute atomic E-state index is 0.238. The van der Waals surface area contributed by atoms with E-state index in [0.717, 1.165) is 5.69 Å². The number of aliphatic carboxylic acids is 1. The number of carboxylic acids is 1. The third-order valence-corrected chi connectivity index (χ3v) is 1.97. The van der Waals surface area contributed by atoms with Crippen molar-refractivity contribution in [2.75, 3.05) is 25.2 Å². The Morgan fingerprint density at radius 1 is 1.25 bits per heavy atom. The monoisotopic (exact) mass is 223 g/mol. The number of ether oxygens (including phenoxy) is 1. The minimum atomic E-state index is -1.09. The van der Waals surface area contributed by atoms with E-state index in [4.69, 9.17) is 9.84 Å². The Morgan fingerprint density at radius 3 is 2.44 bits per heavy atom. The summed E-state index contributed by atoms with van der Waals surface area (Å²) in [4.78, 5) is 23.1. The van der Waals surface area contributed by atoms with Gasteiger partial charge in [0.05, 0.1) is 0 Å². The minimum Gasteiger partial charge on any atom is -0.480 e. The van der Waals surface area contributed by atoms with Crippen LogP contribution in [0.5, 0.6) is 0 Å². The number of rotatable bonds is 5. The summed E-state index contributed by atoms with van der Waals surface area (Å²) < 4.78 is 4.71. The van der Waals surface area contributed by atoms with Crippen LogP contribution in [-0.2, 0) is 14.3 Å². The molecule has 0 aliphatic heterocycles. The van der Waals surface area contributed by atoms with Gasteiger partial charge in [-0.2, -0.15) is 0 Å². The molecule has 0 spiro atoms. The largest absolute Gasteiger partial charge is 0.480 e. The van der Waals surface area contributed by atoms with Crippen LogP contribution < -0.4 is 4.90 Å². The second-order valence-corrected chi connectivity index (χ2v) is 3.17. The van der Waals surface area contributed by atoms with Crippen LogP contribution in [0.4, 0.5) is 5.69 Å². The third kappa shape index (κ3) is 3.70. The van der Waals surface area contributed by atoms with Crippen molar-refractivity contribution in [1.82, 2.24) is 0 Å². The molecule has 0 aromatic heterocycles. The first-order valence-corrected chi connectivity index (χ1v) is 4.72. The standard InChI is InChI=1S/C11H13NO4/c1-12(9-5-3-2-4-6-9)10(13)7-16-8-11(14)15/h2-6H,7-8H2,1H3,(H,14,15). The highest BCUT2D eigenvalue weighted by molar-refractivity contribution is 5.93. The van der Waals surface area contributed by atoms with E-state index in [1.54, 1.807) is 19.2 Å². The van der Waals surface area contributed by atoms with Crippen LogP contribution in [0, 0.1) is 0 Å². The maximum Gasteiger partial charge on any atom is 0.329 e. The number of nitrogens with zero attached hydrogens (tertiary/aromatic N) is 1. The number of para-hydroxylation sites is 1. The van der Waals surface area contributed by atoms with E-state index in [1.165, 1.54) is 4.90 Å². The number of likely N-dealkylation sites (N-methyl/N-ethyl adjacent to an activating group) is 1. The van der Waals surface area contributed by atoms with Crippen molar-refractivity contribution >= 4 is 17.6 Å². The predicted molar refractivity (Wildman–Crippen MR) is 58.3 cm³/mol. The highest BCUT2D eigenvalue weighted by atomic mass is 16.5. The predicted octanol–water partition coefficient (Wildman–Crippen LogP) is 0.751. The molecule has 0 aliphatic carbocycles. The van der Waals surface area contributed by atoms with Crippen LogP contribution in [0.3, 0.4) is 0 Å². The van der Waals surface area contributed by atoms with Gasteiger partial charge in [-0.25, -0.2) is 4.79 Å². The zero-order chi connectivity index (χ0) is 12.0. The van der Waals surface area contributed by atoms with Crippen LogP contribution in [0.1, 0.15) is 0 Å². The molecule has 0 saturated carbocycles. The van der Waals surface area contributed by atoms with Crippen LogP contribution >= 0.6 is 0 Å². The molecule has 0 radical (unpaired) electrons. The van der Waals surface area contributed by atoms with Gasteiger partial charge in [0.1, 0.15) is 13.2 Å². The number of carboxylic acid groups (broad SMARTS) is 1. The number of anilines is 1. The average Bonchev–Trinajstić information content (AvgIpc) is 2.28. The lowest BCUT2D eigenvalue weighted by molar-refractivity contribution is -0.143. The Bertz CT molecular complexity index is 364. The maximum absolute atomic E-state index is 11.5. The number of carbonyl (C=O) groups is 2. The lowest BCUT2D eigenvalue weighted by Crippen LogP contribution is -2.30. The molecule has 5 heteroatoms. The molecule has 1 amide bonds. The SMILES string of the molecule is CN(C(=O)COCC(=O)O)c1ccccc1. The normalized spacial score (nSPS) is 9.81. The second kappa shape index (κ2) is 5.87. The fourth-order valence-corrected chi connectivity index (χ4v) is 1.12. The van der Waals surface area contributed by atoms with Gasteiger partial charge < -0.3 is 14.7 Å². The zero-order valence-corrected chi connectivity index (χ0v) is 8.92. The first kappa shape index (κ1) is 12.2. The fraction of sp³-hybridized carbons (Fsp3) is 0.273. The first-order chi connectivity index (χ1) is 7.61. The number of benzene rings is 1. The van der Waals surface area contributed by atoms with Gasteiger partial charge in [0.15, 0.2) is 0 Å². The Kier molecular flexibility index (Phi) is 4.47. The molecule has 0 bridgehead atoms. The molecule has 86 valence electrons. The lowest BCUT2D eigenvalue weighted by atomic mass is 10.3. The summed E-state index contributed by atoms with van der Waals surface area (Å²) in [5.41, 5.74) is 0.742. The second-order valence-electron chi connectivity index (χ2n) is 3.17. The van der Waals surface area contributed by atoms with Crippen LogP contribution in [0.15, 0.2) is 30.3 Å². The summed E-state index contributed by atoms with van der Waals surface area (Å²) in [6.07, 6.45) is 0. The maximum atomic E-state index is 11.5. The summed E-state index contributed by atoms with van der Waals surface area (Å²) >= 11 is 0. The van der Waals surface area contributed by atoms with Crippen LogP contribution in [0.2, 0.25) is 0 Å². The number of carbonyl (C=O) groups excluding carboxylic acids is 1. The van der Waals surface area contributed by atoms with Crippen molar-refractivity contribution in [2.24, 2.45) is 0 Å². The van der Waals surface area contributed by atoms with Crippen LogP contribution in [-0.4, -0.2) is 37.2 Å². The number of hydrogen-bond donors (Lipinski definition) is 1. The van der Waals surface area contributed by atoms with E-state index >= 15 is 0 Å². The average molecular weight is 223 g/mol. The van der Waals surface area contributed by atoms with Gasteiger partial charge in [0, 0.05) is 12.7 Å². The zero-order valence-electron chi connectivity index (χ0n) is 8.92. The molecule has 0 atom stereocenters. The van der Waals surface area contributed by atoms with E-state index < -0.39 is 12.6 Å². The van der Waals surface area contributed by atoms with Crippen molar-refractivity contribution in [3.8, 4) is 0 Å². The van der Waals surface area contributed by atoms with Crippen molar-refractivity contribution in [3.63, 3.8) is 0 Å². The van der Waals surface area contributed by atoms with Crippen molar-refractivity contribution in [2.45, 2.75) is 0 Å². The molecular formula is C11H13NO4. The fourth-order valence-electron chi connectivity index (χ4n) is 1.12. The topological polar surface area (TPSA) is 66.8 Å². The van der Waals surface area contributed by atoms with E-state index in [0.29, 0.717) is 0 Å². The van der Waals surface area contributed by atoms with E-state index in [1.807, 2.05) is 18.2 Å². The highest BCUT2D eigenvalue weighted by Gasteiger charge is 2.10. The van der Waals surface area contributed by atoms with Crippen molar-refractivity contribution in [3.05, 3.63) is 30.3 Å². The molecule has 0 unspecified atom stereocenters. The van der Waals surface area contributed by atoms with Gasteiger partial charge in [0.25, 0.3) is 5.91 Å². The summed E-state index contributed by atoms with van der Waals surface area (Å²) in [5.74, 6) is -1.37. The van der Waals surface area contributed by atoms with Gasteiger partial charge in [-0.15, -0.1) is 0 Å². The van der Waals surface area contributed by atoms with E-state index in [-0.39, 0.29) is 12.5 Å². The molecule has 0 heterocycles. The quantitative estimate of drug-likeness (QED) is 0.799. The summed E-state index contributed by atoms with van der Waals surface area (Å²) in [6, 6.07) is 9.06. The highest BCUT2D eigenvalue weighted by Crippen LogP contribution is 2.10. The van der Waals surface area contributed by atoms with Gasteiger partial charge in [-0.3, -0.25) is 4.79 Å². The number of hydrogen-bond acceptors (Lipinski definition) is 3. The molecule has 1 aromatic rings. The Labute approximate surface area is 93.2 Å². The molecule has 0 saturated heterocycles. The van der Waals surface area contributed by atoms with Gasteiger partial charge in [0.2, 0.25) is 0 Å². The summed E-state index contributed by atoms with van der Waals surface area (Å²) in [5, 5.41) is 8.33. The van der Waals surface area contributed by atoms with Crippen LogP contribution in [0.25, 0.3) is 0 Å². The lowest BCUT2D eigenvalue weighted by Gasteiger charge is -2.16. The van der Waals surface area contributed by atoms with Gasteiger partial charge >= 0.3 is 5.97 Å². The summed E-state index contributed by atoms with van der Waals surface area (Å²) in [7, 11) is 1.61. The molecule has 1 N–H and O–H groups in total. The van der Waals surface area contributed by atoms with Crippen molar-refractivity contribution < 1.29 is 19.4 Å². The Balaban J connectivity index is 2.45. The van der Waals surface area contributed by atoms with Gasteiger partial charge in [-0.05, 0) is 12.1 Å².